The molecular formula is C18H19F3N6O2. The van der Waals surface area contributed by atoms with Crippen LogP contribution in [-0.4, -0.2) is 55.9 Å². The number of anilines is 1. The Morgan fingerprint density at radius 1 is 1.07 bits per heavy atom. The molecule has 1 aliphatic heterocycles. The van der Waals surface area contributed by atoms with E-state index < -0.39 is 17.4 Å². The third kappa shape index (κ3) is 4.22. The van der Waals surface area contributed by atoms with Crippen molar-refractivity contribution in [2.75, 3.05) is 18.0 Å². The van der Waals surface area contributed by atoms with Gasteiger partial charge in [-0.25, -0.2) is 15.0 Å². The second-order valence-electron chi connectivity index (χ2n) is 7.22. The van der Waals surface area contributed by atoms with Gasteiger partial charge in [0.05, 0.1) is 6.33 Å². The van der Waals surface area contributed by atoms with Crippen molar-refractivity contribution in [1.82, 2.24) is 24.8 Å². The Balaban J connectivity index is 1.48. The molecule has 8 nitrogen and oxygen atoms in total. The molecule has 2 aromatic heterocycles. The summed E-state index contributed by atoms with van der Waals surface area (Å²) in [5, 5.41) is 0. The number of nitrogens with zero attached hydrogens (tertiary/aromatic N) is 5. The molecule has 1 saturated heterocycles. The quantitative estimate of drug-likeness (QED) is 0.830. The molecule has 0 aromatic carbocycles. The van der Waals surface area contributed by atoms with E-state index in [9.17, 15) is 22.8 Å². The zero-order chi connectivity index (χ0) is 20.6. The monoisotopic (exact) mass is 408 g/mol. The SMILES string of the molecule is O=C(c1cc(=O)[nH]cn1)N1CCC(N(c2cc(C(F)(F)F)ncn2)C2CC2)CC1. The van der Waals surface area contributed by atoms with E-state index in [0.29, 0.717) is 25.9 Å². The smallest absolute Gasteiger partial charge is 0.350 e. The molecule has 29 heavy (non-hydrogen) atoms. The summed E-state index contributed by atoms with van der Waals surface area (Å²) in [6.45, 7) is 0.858. The number of alkyl halides is 3. The molecule has 0 atom stereocenters. The Kier molecular flexibility index (Phi) is 4.97. The molecule has 2 fully saturated rings. The summed E-state index contributed by atoms with van der Waals surface area (Å²) in [5.74, 6) is -0.0511. The van der Waals surface area contributed by atoms with Crippen molar-refractivity contribution in [3.05, 3.63) is 46.5 Å². The number of rotatable bonds is 4. The van der Waals surface area contributed by atoms with Gasteiger partial charge in [-0.15, -0.1) is 0 Å². The Morgan fingerprint density at radius 3 is 2.38 bits per heavy atom. The van der Waals surface area contributed by atoms with E-state index in [2.05, 4.69) is 19.9 Å². The average Bonchev–Trinajstić information content (AvgIpc) is 3.53. The van der Waals surface area contributed by atoms with Crippen molar-refractivity contribution >= 4 is 11.7 Å². The minimum atomic E-state index is -4.52. The molecule has 2 aliphatic rings. The van der Waals surface area contributed by atoms with Crippen molar-refractivity contribution in [2.24, 2.45) is 0 Å². The van der Waals surface area contributed by atoms with Crippen LogP contribution in [0.1, 0.15) is 41.9 Å². The molecule has 1 aliphatic carbocycles. The molecule has 1 amide bonds. The minimum absolute atomic E-state index is 0.0188. The molecule has 0 radical (unpaired) electrons. The Hall–Kier alpha value is -2.98. The number of hydrogen-bond acceptors (Lipinski definition) is 6. The van der Waals surface area contributed by atoms with Gasteiger partial charge in [0.15, 0.2) is 0 Å². The van der Waals surface area contributed by atoms with Gasteiger partial charge in [-0.2, -0.15) is 13.2 Å². The average molecular weight is 408 g/mol. The van der Waals surface area contributed by atoms with E-state index in [4.69, 9.17) is 0 Å². The number of aromatic amines is 1. The van der Waals surface area contributed by atoms with E-state index in [0.717, 1.165) is 31.3 Å². The highest BCUT2D eigenvalue weighted by Crippen LogP contribution is 2.37. The number of H-pyrrole nitrogens is 1. The van der Waals surface area contributed by atoms with E-state index in [-0.39, 0.29) is 29.5 Å². The lowest BCUT2D eigenvalue weighted by Gasteiger charge is -2.39. The largest absolute Gasteiger partial charge is 0.433 e. The van der Waals surface area contributed by atoms with Crippen LogP contribution in [0.2, 0.25) is 0 Å². The molecule has 1 saturated carbocycles. The summed E-state index contributed by atoms with van der Waals surface area (Å²) < 4.78 is 39.1. The number of piperidine rings is 1. The Morgan fingerprint density at radius 2 is 1.76 bits per heavy atom. The second-order valence-corrected chi connectivity index (χ2v) is 7.22. The standard InChI is InChI=1S/C18H19F3N6O2/c19-18(20,21)14-8-15(24-10-23-14)27(11-1-2-11)12-3-5-26(6-4-12)17(29)13-7-16(28)25-9-22-13/h7-12H,1-6H2,(H,22,25,28). The van der Waals surface area contributed by atoms with Crippen molar-refractivity contribution in [2.45, 2.75) is 43.9 Å². The first kappa shape index (κ1) is 19.3. The predicted molar refractivity (Wildman–Crippen MR) is 96.3 cm³/mol. The van der Waals surface area contributed by atoms with Gasteiger partial charge in [-0.05, 0) is 25.7 Å². The first-order valence-corrected chi connectivity index (χ1v) is 9.34. The molecule has 1 N–H and O–H groups in total. The number of aromatic nitrogens is 4. The van der Waals surface area contributed by atoms with Gasteiger partial charge < -0.3 is 14.8 Å². The third-order valence-corrected chi connectivity index (χ3v) is 5.19. The summed E-state index contributed by atoms with van der Waals surface area (Å²) in [7, 11) is 0. The van der Waals surface area contributed by atoms with Crippen LogP contribution in [0, 0.1) is 0 Å². The highest BCUT2D eigenvalue weighted by molar-refractivity contribution is 5.92. The lowest BCUT2D eigenvalue weighted by atomic mass is 10.0. The predicted octanol–water partition coefficient (Wildman–Crippen LogP) is 1.85. The molecule has 11 heteroatoms. The maximum atomic E-state index is 13.0. The number of likely N-dealkylation sites (tertiary alicyclic amines) is 1. The van der Waals surface area contributed by atoms with Crippen LogP contribution in [0.5, 0.6) is 0 Å². The van der Waals surface area contributed by atoms with Crippen LogP contribution < -0.4 is 10.5 Å². The topological polar surface area (TPSA) is 95.1 Å². The van der Waals surface area contributed by atoms with Gasteiger partial charge in [0.1, 0.15) is 23.5 Å². The molecular weight excluding hydrogens is 389 g/mol. The molecule has 0 spiro atoms. The van der Waals surface area contributed by atoms with Crippen LogP contribution in [0.4, 0.5) is 19.0 Å². The van der Waals surface area contributed by atoms with Crippen LogP contribution >= 0.6 is 0 Å². The third-order valence-electron chi connectivity index (χ3n) is 5.19. The molecule has 3 heterocycles. The highest BCUT2D eigenvalue weighted by Gasteiger charge is 2.39. The lowest BCUT2D eigenvalue weighted by Crippen LogP contribution is -2.48. The fourth-order valence-corrected chi connectivity index (χ4v) is 3.66. The van der Waals surface area contributed by atoms with E-state index in [1.165, 1.54) is 6.33 Å². The summed E-state index contributed by atoms with van der Waals surface area (Å²) >= 11 is 0. The molecule has 4 rings (SSSR count). The fraction of sp³-hybridized carbons (Fsp3) is 0.500. The van der Waals surface area contributed by atoms with E-state index >= 15 is 0 Å². The van der Waals surface area contributed by atoms with Gasteiger partial charge >= 0.3 is 6.18 Å². The summed E-state index contributed by atoms with van der Waals surface area (Å²) in [6.07, 6.45) is 0.606. The summed E-state index contributed by atoms with van der Waals surface area (Å²) in [4.78, 5) is 41.2. The summed E-state index contributed by atoms with van der Waals surface area (Å²) in [5.41, 5.74) is -1.28. The number of nitrogens with one attached hydrogen (secondary N) is 1. The van der Waals surface area contributed by atoms with Gasteiger partial charge in [0.2, 0.25) is 0 Å². The fourth-order valence-electron chi connectivity index (χ4n) is 3.66. The maximum Gasteiger partial charge on any atom is 0.433 e. The maximum absolute atomic E-state index is 13.0. The van der Waals surface area contributed by atoms with Gasteiger partial charge in [0, 0.05) is 37.3 Å². The number of carbonyl (C=O) groups excluding carboxylic acids is 1. The summed E-state index contributed by atoms with van der Waals surface area (Å²) in [6, 6.07) is 2.29. The highest BCUT2D eigenvalue weighted by atomic mass is 19.4. The number of carbonyl (C=O) groups is 1. The normalized spacial score (nSPS) is 18.0. The first-order valence-electron chi connectivity index (χ1n) is 9.34. The van der Waals surface area contributed by atoms with E-state index in [1.807, 2.05) is 4.90 Å². The zero-order valence-electron chi connectivity index (χ0n) is 15.4. The Bertz CT molecular complexity index is 951. The number of hydrogen-bond donors (Lipinski definition) is 1. The second kappa shape index (κ2) is 7.45. The van der Waals surface area contributed by atoms with Gasteiger partial charge in [0.25, 0.3) is 11.5 Å². The molecule has 2 aromatic rings. The van der Waals surface area contributed by atoms with Crippen molar-refractivity contribution in [3.8, 4) is 0 Å². The van der Waals surface area contributed by atoms with Crippen molar-refractivity contribution < 1.29 is 18.0 Å². The van der Waals surface area contributed by atoms with Crippen LogP contribution in [0.15, 0.2) is 29.6 Å². The molecule has 0 unspecified atom stereocenters. The van der Waals surface area contributed by atoms with Gasteiger partial charge in [-0.3, -0.25) is 9.59 Å². The lowest BCUT2D eigenvalue weighted by molar-refractivity contribution is -0.141. The van der Waals surface area contributed by atoms with Crippen molar-refractivity contribution in [1.29, 1.82) is 0 Å². The van der Waals surface area contributed by atoms with Crippen molar-refractivity contribution in [3.63, 3.8) is 0 Å². The first-order chi connectivity index (χ1) is 13.8. The van der Waals surface area contributed by atoms with Crippen LogP contribution in [0.25, 0.3) is 0 Å². The number of amides is 1. The zero-order valence-corrected chi connectivity index (χ0v) is 15.4. The van der Waals surface area contributed by atoms with Crippen LogP contribution in [-0.2, 0) is 6.18 Å². The molecule has 154 valence electrons. The minimum Gasteiger partial charge on any atom is -0.350 e. The molecule has 0 bridgehead atoms. The van der Waals surface area contributed by atoms with Crippen LogP contribution in [0.3, 0.4) is 0 Å². The van der Waals surface area contributed by atoms with Gasteiger partial charge in [-0.1, -0.05) is 0 Å². The van der Waals surface area contributed by atoms with E-state index in [1.54, 1.807) is 4.90 Å². The Labute approximate surface area is 163 Å². The number of halogens is 3.